The summed E-state index contributed by atoms with van der Waals surface area (Å²) in [6, 6.07) is 5.84. The monoisotopic (exact) mass is 286 g/mol. The lowest BCUT2D eigenvalue weighted by atomic mass is 10.1. The molecule has 0 bridgehead atoms. The Morgan fingerprint density at radius 2 is 2.05 bits per heavy atom. The molecule has 0 saturated carbocycles. The fourth-order valence-electron chi connectivity index (χ4n) is 1.67. The van der Waals surface area contributed by atoms with Gasteiger partial charge in [0, 0.05) is 12.4 Å². The molecule has 2 rings (SSSR count). The van der Waals surface area contributed by atoms with Gasteiger partial charge in [-0.3, -0.25) is 4.98 Å². The highest BCUT2D eigenvalue weighted by Gasteiger charge is 2.10. The van der Waals surface area contributed by atoms with Crippen LogP contribution in [0, 0.1) is 0 Å². The van der Waals surface area contributed by atoms with Crippen LogP contribution < -0.4 is 10.6 Å². The molecule has 2 amide bonds. The van der Waals surface area contributed by atoms with Gasteiger partial charge in [-0.05, 0) is 30.7 Å². The Bertz CT molecular complexity index is 628. The molecule has 0 saturated heterocycles. The molecule has 0 aromatic carbocycles. The lowest BCUT2D eigenvalue weighted by Gasteiger charge is -2.14. The van der Waals surface area contributed by atoms with E-state index >= 15 is 0 Å². The minimum absolute atomic E-state index is 0.0790. The van der Waals surface area contributed by atoms with E-state index in [-0.39, 0.29) is 11.7 Å². The number of hydrogen-bond donors (Lipinski definition) is 3. The zero-order chi connectivity index (χ0) is 15.2. The number of carboxylic acid groups (broad SMARTS) is 1. The third-order valence-corrected chi connectivity index (χ3v) is 2.77. The van der Waals surface area contributed by atoms with Gasteiger partial charge in [0.05, 0.1) is 17.9 Å². The van der Waals surface area contributed by atoms with Gasteiger partial charge in [-0.15, -0.1) is 0 Å². The third kappa shape index (κ3) is 4.00. The highest BCUT2D eigenvalue weighted by atomic mass is 16.4. The number of nitrogens with one attached hydrogen (secondary N) is 2. The zero-order valence-electron chi connectivity index (χ0n) is 11.3. The molecule has 0 aliphatic carbocycles. The van der Waals surface area contributed by atoms with Crippen molar-refractivity contribution < 1.29 is 14.7 Å². The number of carbonyl (C=O) groups is 2. The van der Waals surface area contributed by atoms with Crippen LogP contribution in [0.4, 0.5) is 10.5 Å². The van der Waals surface area contributed by atoms with Gasteiger partial charge in [0.1, 0.15) is 5.69 Å². The van der Waals surface area contributed by atoms with Crippen LogP contribution in [0.15, 0.2) is 42.9 Å². The van der Waals surface area contributed by atoms with Crippen molar-refractivity contribution in [2.45, 2.75) is 13.0 Å². The molecule has 2 aromatic heterocycles. The molecule has 3 N–H and O–H groups in total. The molecule has 21 heavy (non-hydrogen) atoms. The zero-order valence-corrected chi connectivity index (χ0v) is 11.3. The second-order valence-electron chi connectivity index (χ2n) is 4.34. The molecule has 0 fully saturated rings. The summed E-state index contributed by atoms with van der Waals surface area (Å²) in [6.45, 7) is 1.84. The van der Waals surface area contributed by atoms with Crippen LogP contribution in [0.3, 0.4) is 0 Å². The van der Waals surface area contributed by atoms with E-state index in [9.17, 15) is 9.59 Å². The van der Waals surface area contributed by atoms with E-state index in [1.165, 1.54) is 18.3 Å². The fourth-order valence-corrected chi connectivity index (χ4v) is 1.67. The van der Waals surface area contributed by atoms with Crippen molar-refractivity contribution in [3.05, 3.63) is 54.1 Å². The van der Waals surface area contributed by atoms with Crippen molar-refractivity contribution in [3.63, 3.8) is 0 Å². The first-order valence-electron chi connectivity index (χ1n) is 6.23. The molecule has 0 radical (unpaired) electrons. The van der Waals surface area contributed by atoms with E-state index < -0.39 is 12.0 Å². The topological polar surface area (TPSA) is 104 Å². The van der Waals surface area contributed by atoms with Crippen molar-refractivity contribution >= 4 is 17.7 Å². The highest BCUT2D eigenvalue weighted by molar-refractivity contribution is 5.90. The first-order valence-corrected chi connectivity index (χ1v) is 6.23. The number of nitrogens with zero attached hydrogens (tertiary/aromatic N) is 2. The molecule has 0 spiro atoms. The van der Waals surface area contributed by atoms with Crippen LogP contribution in [-0.4, -0.2) is 27.1 Å². The summed E-state index contributed by atoms with van der Waals surface area (Å²) in [7, 11) is 0. The van der Waals surface area contributed by atoms with Crippen LogP contribution in [-0.2, 0) is 0 Å². The van der Waals surface area contributed by atoms with Gasteiger partial charge in [-0.1, -0.05) is 6.07 Å². The minimum Gasteiger partial charge on any atom is -0.477 e. The Balaban J connectivity index is 1.94. The quantitative estimate of drug-likeness (QED) is 0.798. The number of anilines is 1. The summed E-state index contributed by atoms with van der Waals surface area (Å²) in [5.74, 6) is -1.11. The van der Waals surface area contributed by atoms with E-state index in [2.05, 4.69) is 20.6 Å². The smallest absolute Gasteiger partial charge is 0.354 e. The van der Waals surface area contributed by atoms with Gasteiger partial charge >= 0.3 is 12.0 Å². The standard InChI is InChI=1S/C14H14N4O3/c1-9(10-3-2-6-15-7-10)17-14(21)18-11-4-5-12(13(19)20)16-8-11/h2-9H,1H3,(H,19,20)(H2,17,18,21). The molecule has 108 valence electrons. The van der Waals surface area contributed by atoms with E-state index in [0.29, 0.717) is 5.69 Å². The van der Waals surface area contributed by atoms with Crippen molar-refractivity contribution in [2.75, 3.05) is 5.32 Å². The van der Waals surface area contributed by atoms with Gasteiger partial charge in [0.15, 0.2) is 0 Å². The van der Waals surface area contributed by atoms with Gasteiger partial charge in [0.2, 0.25) is 0 Å². The predicted molar refractivity (Wildman–Crippen MR) is 76.0 cm³/mol. The number of pyridine rings is 2. The first kappa shape index (κ1) is 14.4. The normalized spacial score (nSPS) is 11.5. The Labute approximate surface area is 121 Å². The highest BCUT2D eigenvalue weighted by Crippen LogP contribution is 2.11. The van der Waals surface area contributed by atoms with Crippen molar-refractivity contribution in [3.8, 4) is 0 Å². The number of carbonyl (C=O) groups excluding carboxylic acids is 1. The van der Waals surface area contributed by atoms with Crippen LogP contribution in [0.2, 0.25) is 0 Å². The minimum atomic E-state index is -1.11. The molecular formula is C14H14N4O3. The molecule has 0 aliphatic rings. The van der Waals surface area contributed by atoms with Gasteiger partial charge in [-0.25, -0.2) is 14.6 Å². The summed E-state index contributed by atoms with van der Waals surface area (Å²) in [5.41, 5.74) is 1.22. The molecule has 7 nitrogen and oxygen atoms in total. The summed E-state index contributed by atoms with van der Waals surface area (Å²) >= 11 is 0. The van der Waals surface area contributed by atoms with Crippen molar-refractivity contribution in [1.82, 2.24) is 15.3 Å². The van der Waals surface area contributed by atoms with E-state index in [1.807, 2.05) is 13.0 Å². The van der Waals surface area contributed by atoms with Crippen LogP contribution in [0.5, 0.6) is 0 Å². The summed E-state index contributed by atoms with van der Waals surface area (Å²) < 4.78 is 0. The number of amides is 2. The third-order valence-electron chi connectivity index (χ3n) is 2.77. The molecule has 1 unspecified atom stereocenters. The lowest BCUT2D eigenvalue weighted by molar-refractivity contribution is 0.0690. The number of carboxylic acids is 1. The van der Waals surface area contributed by atoms with E-state index in [0.717, 1.165) is 5.56 Å². The Morgan fingerprint density at radius 3 is 2.62 bits per heavy atom. The Kier molecular flexibility index (Phi) is 4.45. The maximum absolute atomic E-state index is 11.8. The van der Waals surface area contributed by atoms with Gasteiger partial charge < -0.3 is 15.7 Å². The molecular weight excluding hydrogens is 272 g/mol. The Hall–Kier alpha value is -2.96. The average Bonchev–Trinajstić information content (AvgIpc) is 2.48. The van der Waals surface area contributed by atoms with E-state index in [1.54, 1.807) is 18.5 Å². The second kappa shape index (κ2) is 6.47. The second-order valence-corrected chi connectivity index (χ2v) is 4.34. The lowest BCUT2D eigenvalue weighted by Crippen LogP contribution is -2.31. The summed E-state index contributed by atoms with van der Waals surface area (Å²) in [6.07, 6.45) is 4.62. The number of hydrogen-bond acceptors (Lipinski definition) is 4. The largest absolute Gasteiger partial charge is 0.477 e. The Morgan fingerprint density at radius 1 is 1.24 bits per heavy atom. The number of aromatic nitrogens is 2. The van der Waals surface area contributed by atoms with Crippen molar-refractivity contribution in [1.29, 1.82) is 0 Å². The molecule has 2 aromatic rings. The maximum atomic E-state index is 11.8. The van der Waals surface area contributed by atoms with E-state index in [4.69, 9.17) is 5.11 Å². The predicted octanol–water partition coefficient (Wildman–Crippen LogP) is 2.06. The first-order chi connectivity index (χ1) is 10.1. The fraction of sp³-hybridized carbons (Fsp3) is 0.143. The maximum Gasteiger partial charge on any atom is 0.354 e. The van der Waals surface area contributed by atoms with Crippen LogP contribution >= 0.6 is 0 Å². The van der Waals surface area contributed by atoms with Gasteiger partial charge in [0.25, 0.3) is 0 Å². The van der Waals surface area contributed by atoms with Crippen molar-refractivity contribution in [2.24, 2.45) is 0 Å². The molecule has 1 atom stereocenters. The average molecular weight is 286 g/mol. The molecule has 2 heterocycles. The van der Waals surface area contributed by atoms with Crippen LogP contribution in [0.25, 0.3) is 0 Å². The van der Waals surface area contributed by atoms with Crippen LogP contribution in [0.1, 0.15) is 29.0 Å². The number of aromatic carboxylic acids is 1. The number of rotatable bonds is 4. The number of urea groups is 1. The summed E-state index contributed by atoms with van der Waals surface area (Å²) in [5, 5.41) is 14.1. The van der Waals surface area contributed by atoms with Gasteiger partial charge in [-0.2, -0.15) is 0 Å². The molecule has 0 aliphatic heterocycles. The SMILES string of the molecule is CC(NC(=O)Nc1ccc(C(=O)O)nc1)c1cccnc1. The summed E-state index contributed by atoms with van der Waals surface area (Å²) in [4.78, 5) is 30.2. The molecule has 7 heteroatoms.